The lowest BCUT2D eigenvalue weighted by Gasteiger charge is -2.37. The molecule has 0 spiro atoms. The third kappa shape index (κ3) is 3.77. The summed E-state index contributed by atoms with van der Waals surface area (Å²) >= 11 is 0. The molecule has 1 aliphatic rings. The molecular formula is C26H37NOSi. The Morgan fingerprint density at radius 1 is 1.03 bits per heavy atom. The second-order valence-electron chi connectivity index (χ2n) is 10.00. The van der Waals surface area contributed by atoms with Gasteiger partial charge in [0.25, 0.3) is 0 Å². The van der Waals surface area contributed by atoms with Crippen LogP contribution in [0.25, 0.3) is 0 Å². The highest BCUT2D eigenvalue weighted by atomic mass is 28.4. The zero-order chi connectivity index (χ0) is 21.4. The number of hydrogen-bond donors (Lipinski definition) is 0. The van der Waals surface area contributed by atoms with Crippen LogP contribution in [0.1, 0.15) is 52.2 Å². The molecule has 0 saturated carbocycles. The Morgan fingerprint density at radius 3 is 2.24 bits per heavy atom. The van der Waals surface area contributed by atoms with Crippen LogP contribution in [0.15, 0.2) is 66.4 Å². The molecule has 2 nitrogen and oxygen atoms in total. The summed E-state index contributed by atoms with van der Waals surface area (Å²) in [6.07, 6.45) is 3.36. The SMILES string of the molecule is CC=C1N(C)C(C)CC1(c1ccccc1)c1cccc(O[Si](C)(C)C(C)(C)C)c1. The minimum Gasteiger partial charge on any atom is -0.543 e. The van der Waals surface area contributed by atoms with Gasteiger partial charge in [0.2, 0.25) is 8.32 Å². The average molecular weight is 408 g/mol. The van der Waals surface area contributed by atoms with Crippen molar-refractivity contribution in [3.05, 3.63) is 77.5 Å². The van der Waals surface area contributed by atoms with Gasteiger partial charge in [-0.25, -0.2) is 0 Å². The van der Waals surface area contributed by atoms with Crippen molar-refractivity contribution in [3.8, 4) is 5.75 Å². The smallest absolute Gasteiger partial charge is 0.250 e. The molecule has 1 aliphatic heterocycles. The maximum Gasteiger partial charge on any atom is 0.250 e. The Bertz CT molecular complexity index is 881. The van der Waals surface area contributed by atoms with Gasteiger partial charge in [-0.2, -0.15) is 0 Å². The van der Waals surface area contributed by atoms with E-state index in [9.17, 15) is 0 Å². The summed E-state index contributed by atoms with van der Waals surface area (Å²) < 4.78 is 6.68. The van der Waals surface area contributed by atoms with Crippen LogP contribution in [0, 0.1) is 0 Å². The minimum absolute atomic E-state index is 0.142. The summed E-state index contributed by atoms with van der Waals surface area (Å²) in [4.78, 5) is 2.44. The van der Waals surface area contributed by atoms with Crippen LogP contribution < -0.4 is 4.43 Å². The number of hydrogen-bond acceptors (Lipinski definition) is 2. The maximum atomic E-state index is 6.68. The molecule has 0 bridgehead atoms. The van der Waals surface area contributed by atoms with Gasteiger partial charge in [0.1, 0.15) is 5.75 Å². The molecule has 0 amide bonds. The van der Waals surface area contributed by atoms with Crippen LogP contribution in [0.4, 0.5) is 0 Å². The fourth-order valence-electron chi connectivity index (χ4n) is 4.37. The third-order valence-electron chi connectivity index (χ3n) is 7.13. The Hall–Kier alpha value is -2.00. The molecule has 156 valence electrons. The molecule has 1 heterocycles. The summed E-state index contributed by atoms with van der Waals surface area (Å²) in [6, 6.07) is 20.3. The van der Waals surface area contributed by atoms with E-state index in [0.717, 1.165) is 12.2 Å². The molecule has 0 aliphatic carbocycles. The Morgan fingerprint density at radius 2 is 1.66 bits per heavy atom. The molecule has 2 aromatic rings. The molecule has 3 rings (SSSR count). The van der Waals surface area contributed by atoms with Crippen molar-refractivity contribution in [1.29, 1.82) is 0 Å². The van der Waals surface area contributed by atoms with Gasteiger partial charge in [0.05, 0.1) is 5.41 Å². The van der Waals surface area contributed by atoms with Crippen LogP contribution in [0.5, 0.6) is 5.75 Å². The Balaban J connectivity index is 2.15. The van der Waals surface area contributed by atoms with Gasteiger partial charge in [0.15, 0.2) is 0 Å². The van der Waals surface area contributed by atoms with E-state index in [2.05, 4.69) is 120 Å². The summed E-state index contributed by atoms with van der Waals surface area (Å²) in [5.41, 5.74) is 3.91. The predicted molar refractivity (Wildman–Crippen MR) is 127 cm³/mol. The number of likely N-dealkylation sites (N-methyl/N-ethyl adjacent to an activating group) is 1. The zero-order valence-electron chi connectivity index (χ0n) is 19.4. The minimum atomic E-state index is -1.89. The molecule has 1 saturated heterocycles. The Kier molecular flexibility index (Phi) is 5.75. The van der Waals surface area contributed by atoms with E-state index in [0.29, 0.717) is 6.04 Å². The highest BCUT2D eigenvalue weighted by Gasteiger charge is 2.47. The molecule has 2 atom stereocenters. The first kappa shape index (κ1) is 21.7. The summed E-state index contributed by atoms with van der Waals surface area (Å²) in [7, 11) is 0.334. The van der Waals surface area contributed by atoms with Crippen molar-refractivity contribution in [2.45, 2.75) is 70.6 Å². The molecule has 29 heavy (non-hydrogen) atoms. The lowest BCUT2D eigenvalue weighted by atomic mass is 9.70. The number of nitrogens with zero attached hydrogens (tertiary/aromatic N) is 1. The average Bonchev–Trinajstić information content (AvgIpc) is 2.93. The standard InChI is InChI=1S/C26H37NOSi/c1-9-24-26(19-20(2)27(24)6,21-14-11-10-12-15-21)22-16-13-17-23(18-22)28-29(7,8)25(3,4)5/h9-18,20H,19H2,1-8H3. The Labute approximate surface area is 178 Å². The van der Waals surface area contributed by atoms with Crippen molar-refractivity contribution in [3.63, 3.8) is 0 Å². The van der Waals surface area contributed by atoms with Gasteiger partial charge in [-0.3, -0.25) is 0 Å². The second-order valence-corrected chi connectivity index (χ2v) is 14.7. The van der Waals surface area contributed by atoms with Crippen LogP contribution in [0.3, 0.4) is 0 Å². The van der Waals surface area contributed by atoms with Gasteiger partial charge >= 0.3 is 0 Å². The van der Waals surface area contributed by atoms with Crippen LogP contribution in [0.2, 0.25) is 18.1 Å². The second kappa shape index (κ2) is 7.68. The van der Waals surface area contributed by atoms with Gasteiger partial charge in [-0.15, -0.1) is 0 Å². The highest BCUT2D eigenvalue weighted by Crippen LogP contribution is 2.51. The van der Waals surface area contributed by atoms with Gasteiger partial charge in [-0.05, 0) is 61.7 Å². The first-order valence-electron chi connectivity index (χ1n) is 10.8. The third-order valence-corrected chi connectivity index (χ3v) is 11.5. The van der Waals surface area contributed by atoms with Crippen molar-refractivity contribution in [2.75, 3.05) is 7.05 Å². The molecule has 3 heteroatoms. The number of allylic oxidation sites excluding steroid dienone is 2. The van der Waals surface area contributed by atoms with Crippen molar-refractivity contribution in [2.24, 2.45) is 0 Å². The molecule has 2 unspecified atom stereocenters. The molecule has 1 fully saturated rings. The first-order chi connectivity index (χ1) is 13.5. The molecule has 0 N–H and O–H groups in total. The van der Waals surface area contributed by atoms with Gasteiger partial charge < -0.3 is 9.33 Å². The summed E-state index contributed by atoms with van der Waals surface area (Å²) in [5.74, 6) is 1.00. The van der Waals surface area contributed by atoms with Gasteiger partial charge in [-0.1, -0.05) is 69.3 Å². The van der Waals surface area contributed by atoms with Crippen molar-refractivity contribution < 1.29 is 4.43 Å². The maximum absolute atomic E-state index is 6.68. The summed E-state index contributed by atoms with van der Waals surface area (Å²) in [5, 5.41) is 0.177. The largest absolute Gasteiger partial charge is 0.543 e. The fourth-order valence-corrected chi connectivity index (χ4v) is 5.39. The van der Waals surface area contributed by atoms with Crippen molar-refractivity contribution >= 4 is 8.32 Å². The zero-order valence-corrected chi connectivity index (χ0v) is 20.4. The number of rotatable bonds is 4. The monoisotopic (exact) mass is 407 g/mol. The number of benzene rings is 2. The number of likely N-dealkylation sites (tertiary alicyclic amines) is 1. The van der Waals surface area contributed by atoms with Crippen LogP contribution in [-0.4, -0.2) is 26.3 Å². The summed E-state index contributed by atoms with van der Waals surface area (Å²) in [6.45, 7) is 16.0. The van der Waals surface area contributed by atoms with E-state index in [4.69, 9.17) is 4.43 Å². The quantitative estimate of drug-likeness (QED) is 0.507. The predicted octanol–water partition coefficient (Wildman–Crippen LogP) is 6.98. The van der Waals surface area contributed by atoms with E-state index in [1.54, 1.807) is 0 Å². The molecule has 2 aromatic carbocycles. The van der Waals surface area contributed by atoms with Gasteiger partial charge in [0, 0.05) is 18.8 Å². The van der Waals surface area contributed by atoms with E-state index < -0.39 is 8.32 Å². The highest BCUT2D eigenvalue weighted by molar-refractivity contribution is 6.74. The molecule has 0 radical (unpaired) electrons. The van der Waals surface area contributed by atoms with E-state index >= 15 is 0 Å². The molecule has 0 aromatic heterocycles. The first-order valence-corrected chi connectivity index (χ1v) is 13.7. The molecular weight excluding hydrogens is 370 g/mol. The van der Waals surface area contributed by atoms with Crippen molar-refractivity contribution in [1.82, 2.24) is 4.90 Å². The van der Waals surface area contributed by atoms with E-state index in [1.165, 1.54) is 16.8 Å². The lowest BCUT2D eigenvalue weighted by molar-refractivity contribution is 0.375. The van der Waals surface area contributed by atoms with Crippen LogP contribution in [-0.2, 0) is 5.41 Å². The normalized spacial score (nSPS) is 24.2. The van der Waals surface area contributed by atoms with E-state index in [1.807, 2.05) is 0 Å². The van der Waals surface area contributed by atoms with Crippen LogP contribution >= 0.6 is 0 Å². The van der Waals surface area contributed by atoms with E-state index in [-0.39, 0.29) is 10.5 Å². The topological polar surface area (TPSA) is 12.5 Å². The fraction of sp³-hybridized carbons (Fsp3) is 0.462. The lowest BCUT2D eigenvalue weighted by Crippen LogP contribution is -2.43.